The predicted octanol–water partition coefficient (Wildman–Crippen LogP) is 11.6. The topological polar surface area (TPSA) is 0 Å². The molecule has 6 rings (SSSR count). The summed E-state index contributed by atoms with van der Waals surface area (Å²) in [5.74, 6) is 0. The Labute approximate surface area is 257 Å². The molecule has 0 spiro atoms. The molecule has 0 aliphatic heterocycles. The Balaban J connectivity index is 1.23. The zero-order valence-corrected chi connectivity index (χ0v) is 31.6. The Bertz CT molecular complexity index is 1430. The van der Waals surface area contributed by atoms with Gasteiger partial charge in [0.1, 0.15) is 0 Å². The molecule has 0 saturated carbocycles. The van der Waals surface area contributed by atoms with E-state index in [0.717, 1.165) is 7.35 Å². The first kappa shape index (κ1) is 28.2. The summed E-state index contributed by atoms with van der Waals surface area (Å²) in [4.78, 5) is 0. The Morgan fingerprint density at radius 3 is 1.27 bits per heavy atom. The molecule has 200 valence electrons. The second kappa shape index (κ2) is 12.5. The van der Waals surface area contributed by atoms with Gasteiger partial charge in [0.15, 0.2) is 0 Å². The third kappa shape index (κ3) is 5.36. The van der Waals surface area contributed by atoms with Gasteiger partial charge in [-0.25, -0.2) is 0 Å². The van der Waals surface area contributed by atoms with Crippen molar-refractivity contribution in [3.63, 3.8) is 0 Å². The normalized spacial score (nSPS) is 17.2. The number of fused-ring (bicyclic) bond motifs is 2. The van der Waals surface area contributed by atoms with E-state index >= 15 is 0 Å². The Hall–Kier alpha value is -1.90. The molecule has 0 radical (unpaired) electrons. The molecule has 0 aromatic heterocycles. The maximum absolute atomic E-state index is 2.74. The summed E-state index contributed by atoms with van der Waals surface area (Å²) < 4.78 is 10.1. The summed E-state index contributed by atoms with van der Waals surface area (Å²) in [7, 11) is 0. The van der Waals surface area contributed by atoms with Gasteiger partial charge in [-0.15, -0.1) is 0 Å². The first-order valence-corrected chi connectivity index (χ1v) is 31.4. The zero-order valence-electron chi connectivity index (χ0n) is 24.4. The van der Waals surface area contributed by atoms with E-state index in [-0.39, 0.29) is 0 Å². The van der Waals surface area contributed by atoms with Gasteiger partial charge in [-0.05, 0) is 0 Å². The Morgan fingerprint density at radius 2 is 0.900 bits per heavy atom. The summed E-state index contributed by atoms with van der Waals surface area (Å²) in [6.45, 7) is 4.76. The first-order valence-electron chi connectivity index (χ1n) is 15.0. The summed E-state index contributed by atoms with van der Waals surface area (Å²) in [6, 6.07) is 36.2. The standard InChI is InChI=1S/2C17H15.C2H4.2CH3.2Hf/c2*1-2-13-11-15-9-6-10-16(17(15)12-13)14-7-4-3-5-8-14;1-2;;;;/h2*3-12H,2H2,1H3;1-2H2;2*1H3;;. The molecular formula is C38H40Hf2. The summed E-state index contributed by atoms with van der Waals surface area (Å²) in [6.07, 6.45) is 7.55. The fraction of sp³-hybridized carbons (Fsp3) is 0.263. The summed E-state index contributed by atoms with van der Waals surface area (Å²) in [5, 5.41) is 0. The third-order valence-electron chi connectivity index (χ3n) is 9.19. The van der Waals surface area contributed by atoms with Crippen molar-refractivity contribution < 1.29 is 42.9 Å². The van der Waals surface area contributed by atoms with E-state index in [1.54, 1.807) is 30.6 Å². The van der Waals surface area contributed by atoms with E-state index in [9.17, 15) is 0 Å². The molecule has 2 atom stereocenters. The van der Waals surface area contributed by atoms with E-state index in [1.165, 1.54) is 46.2 Å². The quantitative estimate of drug-likeness (QED) is 0.147. The molecule has 0 fully saturated rings. The Morgan fingerprint density at radius 1 is 0.500 bits per heavy atom. The van der Waals surface area contributed by atoms with Gasteiger partial charge in [0, 0.05) is 0 Å². The van der Waals surface area contributed by atoms with E-state index < -0.39 is 42.9 Å². The molecule has 2 heteroatoms. The van der Waals surface area contributed by atoms with Gasteiger partial charge in [-0.3, -0.25) is 0 Å². The van der Waals surface area contributed by atoms with E-state index in [1.807, 2.05) is 0 Å². The molecule has 0 saturated heterocycles. The SMILES string of the molecule is CCC1=Cc2c(-c3ccccc3)cccc2[CH]1[Hf]([CH3])[CH2][CH2][Hf]([CH3])[CH]1C(CC)=Cc2c(-c3ccccc3)cccc21. The van der Waals surface area contributed by atoms with Gasteiger partial charge < -0.3 is 0 Å². The molecule has 4 aromatic carbocycles. The van der Waals surface area contributed by atoms with Gasteiger partial charge in [-0.1, -0.05) is 0 Å². The van der Waals surface area contributed by atoms with Crippen molar-refractivity contribution in [1.29, 1.82) is 0 Å². The first-order chi connectivity index (χ1) is 19.6. The van der Waals surface area contributed by atoms with Crippen LogP contribution in [0.1, 0.15) is 56.3 Å². The molecule has 4 aromatic rings. The molecule has 40 heavy (non-hydrogen) atoms. The number of benzene rings is 4. The van der Waals surface area contributed by atoms with Gasteiger partial charge in [-0.2, -0.15) is 0 Å². The van der Waals surface area contributed by atoms with Crippen LogP contribution in [-0.2, 0) is 42.9 Å². The molecule has 0 amide bonds. The zero-order chi connectivity index (χ0) is 27.6. The Kier molecular flexibility index (Phi) is 8.85. The second-order valence-corrected chi connectivity index (χ2v) is 31.5. The van der Waals surface area contributed by atoms with Crippen molar-refractivity contribution in [2.75, 3.05) is 0 Å². The van der Waals surface area contributed by atoms with Gasteiger partial charge in [0.05, 0.1) is 0 Å². The predicted molar refractivity (Wildman–Crippen MR) is 167 cm³/mol. The minimum atomic E-state index is -1.87. The van der Waals surface area contributed by atoms with Crippen LogP contribution in [0.4, 0.5) is 0 Å². The maximum atomic E-state index is 2.74. The summed E-state index contributed by atoms with van der Waals surface area (Å²) >= 11 is -3.75. The van der Waals surface area contributed by atoms with Crippen LogP contribution >= 0.6 is 0 Å². The van der Waals surface area contributed by atoms with Crippen LogP contribution < -0.4 is 0 Å². The molecule has 0 bridgehead atoms. The average molecular weight is 854 g/mol. The molecule has 2 unspecified atom stereocenters. The van der Waals surface area contributed by atoms with Crippen molar-refractivity contribution >= 4 is 12.2 Å². The molecule has 2 aliphatic rings. The van der Waals surface area contributed by atoms with E-state index in [0.29, 0.717) is 0 Å². The summed E-state index contributed by atoms with van der Waals surface area (Å²) in [5.41, 5.74) is 15.3. The van der Waals surface area contributed by atoms with Crippen molar-refractivity contribution in [1.82, 2.24) is 0 Å². The average Bonchev–Trinajstić information content (AvgIpc) is 3.59. The van der Waals surface area contributed by atoms with E-state index in [4.69, 9.17) is 0 Å². The van der Waals surface area contributed by atoms with Crippen LogP contribution in [0, 0.1) is 0 Å². The van der Waals surface area contributed by atoms with Crippen LogP contribution in [0.15, 0.2) is 108 Å². The molecular weight excluding hydrogens is 813 g/mol. The minimum absolute atomic E-state index is 0.773. The van der Waals surface area contributed by atoms with Crippen molar-refractivity contribution in [3.8, 4) is 22.3 Å². The number of rotatable bonds is 9. The fourth-order valence-electron chi connectivity index (χ4n) is 7.13. The fourth-order valence-corrected chi connectivity index (χ4v) is 47.5. The molecule has 0 nitrogen and oxygen atoms in total. The number of hydrogen-bond donors (Lipinski definition) is 0. The number of allylic oxidation sites excluding steroid dienone is 2. The van der Waals surface area contributed by atoms with Crippen LogP contribution in [0.5, 0.6) is 0 Å². The number of hydrogen-bond acceptors (Lipinski definition) is 0. The second-order valence-electron chi connectivity index (χ2n) is 11.6. The van der Waals surface area contributed by atoms with Crippen molar-refractivity contribution in [3.05, 3.63) is 130 Å². The monoisotopic (exact) mass is 856 g/mol. The van der Waals surface area contributed by atoms with Gasteiger partial charge in [0.2, 0.25) is 0 Å². The van der Waals surface area contributed by atoms with Crippen LogP contribution in [0.3, 0.4) is 0 Å². The van der Waals surface area contributed by atoms with Gasteiger partial charge >= 0.3 is 259 Å². The molecule has 0 N–H and O–H groups in total. The van der Waals surface area contributed by atoms with Crippen LogP contribution in [0.25, 0.3) is 34.4 Å². The van der Waals surface area contributed by atoms with Crippen molar-refractivity contribution in [2.45, 2.75) is 51.8 Å². The van der Waals surface area contributed by atoms with Crippen molar-refractivity contribution in [2.24, 2.45) is 0 Å². The van der Waals surface area contributed by atoms with E-state index in [2.05, 4.69) is 132 Å². The van der Waals surface area contributed by atoms with Gasteiger partial charge in [0.25, 0.3) is 0 Å². The molecule has 0 heterocycles. The third-order valence-corrected chi connectivity index (χ3v) is 35.1. The van der Waals surface area contributed by atoms with Crippen LogP contribution in [-0.4, -0.2) is 0 Å². The van der Waals surface area contributed by atoms with Crippen LogP contribution in [0.2, 0.25) is 17.7 Å². The molecule has 2 aliphatic carbocycles.